The van der Waals surface area contributed by atoms with Crippen LogP contribution < -0.4 is 0 Å². The molecule has 22 heavy (non-hydrogen) atoms. The fourth-order valence-electron chi connectivity index (χ4n) is 2.01. The molecule has 0 unspecified atom stereocenters. The van der Waals surface area contributed by atoms with E-state index in [4.69, 9.17) is 0 Å². The van der Waals surface area contributed by atoms with Crippen LogP contribution in [0.25, 0.3) is 6.08 Å². The molecule has 2 rings (SSSR count). The Morgan fingerprint density at radius 2 is 2.09 bits per heavy atom. The Balaban J connectivity index is 2.10. The van der Waals surface area contributed by atoms with Crippen LogP contribution in [0, 0.1) is 18.3 Å². The topological polar surface area (TPSA) is 53.8 Å². The minimum Gasteiger partial charge on any atom is -0.294 e. The Kier molecular flexibility index (Phi) is 5.51. The SMILES string of the molecule is CC(=O)c1cc(C#N)c(SCC=Cc2ccccc2)nc1C. The number of hydrogen-bond acceptors (Lipinski definition) is 4. The molecule has 3 nitrogen and oxygen atoms in total. The average molecular weight is 308 g/mol. The first-order chi connectivity index (χ1) is 10.6. The van der Waals surface area contributed by atoms with E-state index in [-0.39, 0.29) is 5.78 Å². The lowest BCUT2D eigenvalue weighted by Crippen LogP contribution is -2.02. The Bertz CT molecular complexity index is 746. The van der Waals surface area contributed by atoms with Crippen molar-refractivity contribution in [2.24, 2.45) is 0 Å². The molecule has 110 valence electrons. The molecule has 0 saturated carbocycles. The summed E-state index contributed by atoms with van der Waals surface area (Å²) in [4.78, 5) is 15.9. The van der Waals surface area contributed by atoms with Gasteiger partial charge in [0.25, 0.3) is 0 Å². The van der Waals surface area contributed by atoms with Crippen molar-refractivity contribution in [3.8, 4) is 6.07 Å². The van der Waals surface area contributed by atoms with Crippen molar-refractivity contribution in [3.05, 3.63) is 64.9 Å². The molecule has 1 heterocycles. The van der Waals surface area contributed by atoms with Crippen LogP contribution in [0.15, 0.2) is 47.5 Å². The van der Waals surface area contributed by atoms with Gasteiger partial charge in [0, 0.05) is 17.0 Å². The van der Waals surface area contributed by atoms with E-state index in [1.807, 2.05) is 42.5 Å². The molecule has 1 aromatic carbocycles. The maximum absolute atomic E-state index is 11.5. The molecule has 0 fully saturated rings. The van der Waals surface area contributed by atoms with Crippen molar-refractivity contribution in [1.29, 1.82) is 5.26 Å². The number of rotatable bonds is 5. The van der Waals surface area contributed by atoms with E-state index in [1.54, 1.807) is 13.0 Å². The van der Waals surface area contributed by atoms with Gasteiger partial charge < -0.3 is 0 Å². The number of benzene rings is 1. The molecule has 0 radical (unpaired) electrons. The minimum absolute atomic E-state index is 0.0676. The number of thioether (sulfide) groups is 1. The Morgan fingerprint density at radius 1 is 1.36 bits per heavy atom. The molecule has 0 spiro atoms. The normalized spacial score (nSPS) is 10.6. The zero-order valence-corrected chi connectivity index (χ0v) is 13.4. The fraction of sp³-hybridized carbons (Fsp3) is 0.167. The summed E-state index contributed by atoms with van der Waals surface area (Å²) in [6, 6.07) is 13.8. The Labute approximate surface area is 134 Å². The van der Waals surface area contributed by atoms with Crippen LogP contribution in [-0.4, -0.2) is 16.5 Å². The molecule has 0 atom stereocenters. The quantitative estimate of drug-likeness (QED) is 0.611. The molecule has 2 aromatic rings. The molecule has 0 aliphatic rings. The zero-order valence-electron chi connectivity index (χ0n) is 12.5. The lowest BCUT2D eigenvalue weighted by molar-refractivity contribution is 0.101. The molecule has 0 bridgehead atoms. The molecular weight excluding hydrogens is 292 g/mol. The third kappa shape index (κ3) is 4.06. The first kappa shape index (κ1) is 16.0. The molecule has 0 aliphatic heterocycles. The van der Waals surface area contributed by atoms with Gasteiger partial charge in [-0.05, 0) is 25.5 Å². The molecule has 0 N–H and O–H groups in total. The molecule has 1 aromatic heterocycles. The van der Waals surface area contributed by atoms with Gasteiger partial charge in [-0.25, -0.2) is 4.98 Å². The van der Waals surface area contributed by atoms with Gasteiger partial charge in [0.05, 0.1) is 5.56 Å². The third-order valence-electron chi connectivity index (χ3n) is 3.10. The van der Waals surface area contributed by atoms with E-state index in [2.05, 4.69) is 11.1 Å². The van der Waals surface area contributed by atoms with E-state index in [0.29, 0.717) is 21.8 Å². The molecule has 4 heteroatoms. The standard InChI is InChI=1S/C18H16N2OS/c1-13-17(14(2)21)11-16(12-19)18(20-13)22-10-6-9-15-7-4-3-5-8-15/h3-9,11H,10H2,1-2H3. The number of ketones is 1. The highest BCUT2D eigenvalue weighted by Gasteiger charge is 2.11. The maximum Gasteiger partial charge on any atom is 0.161 e. The summed E-state index contributed by atoms with van der Waals surface area (Å²) < 4.78 is 0. The van der Waals surface area contributed by atoms with Crippen LogP contribution in [0.4, 0.5) is 0 Å². The van der Waals surface area contributed by atoms with Gasteiger partial charge in [-0.1, -0.05) is 42.5 Å². The Morgan fingerprint density at radius 3 is 2.73 bits per heavy atom. The summed E-state index contributed by atoms with van der Waals surface area (Å²) in [7, 11) is 0. The van der Waals surface area contributed by atoms with Gasteiger partial charge in [-0.3, -0.25) is 4.79 Å². The number of carbonyl (C=O) groups is 1. The summed E-state index contributed by atoms with van der Waals surface area (Å²) in [5, 5.41) is 9.89. The number of carbonyl (C=O) groups excluding carboxylic acids is 1. The number of nitrogens with zero attached hydrogens (tertiary/aromatic N) is 2. The highest BCUT2D eigenvalue weighted by Crippen LogP contribution is 2.23. The second-order valence-electron chi connectivity index (χ2n) is 4.77. The monoisotopic (exact) mass is 308 g/mol. The maximum atomic E-state index is 11.5. The summed E-state index contributed by atoms with van der Waals surface area (Å²) in [5.41, 5.74) is 2.77. The predicted octanol–water partition coefficient (Wildman–Crippen LogP) is 4.27. The number of hydrogen-bond donors (Lipinski definition) is 0. The summed E-state index contributed by atoms with van der Waals surface area (Å²) in [6.07, 6.45) is 4.08. The van der Waals surface area contributed by atoms with Gasteiger partial charge in [-0.2, -0.15) is 5.26 Å². The van der Waals surface area contributed by atoms with Crippen LogP contribution in [0.2, 0.25) is 0 Å². The van der Waals surface area contributed by atoms with Gasteiger partial charge in [0.2, 0.25) is 0 Å². The van der Waals surface area contributed by atoms with Gasteiger partial charge in [-0.15, -0.1) is 11.8 Å². The number of nitriles is 1. The predicted molar refractivity (Wildman–Crippen MR) is 89.9 cm³/mol. The second-order valence-corrected chi connectivity index (χ2v) is 5.77. The summed E-state index contributed by atoms with van der Waals surface area (Å²) >= 11 is 1.49. The van der Waals surface area contributed by atoms with Gasteiger partial charge in [0.15, 0.2) is 5.78 Å². The average Bonchev–Trinajstić information content (AvgIpc) is 2.52. The minimum atomic E-state index is -0.0676. The first-order valence-corrected chi connectivity index (χ1v) is 7.87. The fourth-order valence-corrected chi connectivity index (χ4v) is 2.82. The van der Waals surface area contributed by atoms with E-state index >= 15 is 0 Å². The van der Waals surface area contributed by atoms with Gasteiger partial charge in [0.1, 0.15) is 11.1 Å². The van der Waals surface area contributed by atoms with Crippen molar-refractivity contribution < 1.29 is 4.79 Å². The number of pyridine rings is 1. The molecule has 0 amide bonds. The summed E-state index contributed by atoms with van der Waals surface area (Å²) in [6.45, 7) is 3.28. The van der Waals surface area contributed by atoms with Crippen LogP contribution in [0.5, 0.6) is 0 Å². The Hall–Kier alpha value is -2.38. The number of Topliss-reactive ketones (excluding diaryl/α,β-unsaturated/α-hetero) is 1. The van der Waals surface area contributed by atoms with Crippen molar-refractivity contribution in [3.63, 3.8) is 0 Å². The molecule has 0 saturated heterocycles. The van der Waals surface area contributed by atoms with E-state index in [9.17, 15) is 10.1 Å². The van der Waals surface area contributed by atoms with Crippen molar-refractivity contribution in [2.45, 2.75) is 18.9 Å². The van der Waals surface area contributed by atoms with Crippen molar-refractivity contribution >= 4 is 23.6 Å². The largest absolute Gasteiger partial charge is 0.294 e. The van der Waals surface area contributed by atoms with Crippen LogP contribution >= 0.6 is 11.8 Å². The number of aryl methyl sites for hydroxylation is 1. The smallest absolute Gasteiger partial charge is 0.161 e. The van der Waals surface area contributed by atoms with Crippen molar-refractivity contribution in [2.75, 3.05) is 5.75 Å². The van der Waals surface area contributed by atoms with Crippen LogP contribution in [-0.2, 0) is 0 Å². The number of aromatic nitrogens is 1. The highest BCUT2D eigenvalue weighted by atomic mass is 32.2. The van der Waals surface area contributed by atoms with Gasteiger partial charge >= 0.3 is 0 Å². The third-order valence-corrected chi connectivity index (χ3v) is 4.05. The van der Waals surface area contributed by atoms with Crippen LogP contribution in [0.1, 0.15) is 34.1 Å². The van der Waals surface area contributed by atoms with E-state index < -0.39 is 0 Å². The lowest BCUT2D eigenvalue weighted by Gasteiger charge is -2.06. The van der Waals surface area contributed by atoms with E-state index in [1.165, 1.54) is 18.7 Å². The van der Waals surface area contributed by atoms with Crippen LogP contribution in [0.3, 0.4) is 0 Å². The molecule has 0 aliphatic carbocycles. The lowest BCUT2D eigenvalue weighted by atomic mass is 10.1. The summed E-state index contributed by atoms with van der Waals surface area (Å²) in [5.74, 6) is 0.650. The van der Waals surface area contributed by atoms with Crippen molar-refractivity contribution in [1.82, 2.24) is 4.98 Å². The highest BCUT2D eigenvalue weighted by molar-refractivity contribution is 7.99. The zero-order chi connectivity index (χ0) is 15.9. The first-order valence-electron chi connectivity index (χ1n) is 6.89. The molecular formula is C18H16N2OS. The van der Waals surface area contributed by atoms with E-state index in [0.717, 1.165) is 11.3 Å². The second kappa shape index (κ2) is 7.58.